The SMILES string of the molecule is Cn1cncc1-c1cncc([C@@H]2CCCN(CCO)C2)n1. The highest BCUT2D eigenvalue weighted by atomic mass is 16.3. The number of aliphatic hydroxyl groups excluding tert-OH is 1. The molecule has 1 fully saturated rings. The highest BCUT2D eigenvalue weighted by Gasteiger charge is 2.22. The maximum atomic E-state index is 9.10. The summed E-state index contributed by atoms with van der Waals surface area (Å²) in [6, 6.07) is 0. The van der Waals surface area contributed by atoms with Crippen molar-refractivity contribution in [2.45, 2.75) is 18.8 Å². The molecule has 0 spiro atoms. The highest BCUT2D eigenvalue weighted by Crippen LogP contribution is 2.26. The number of rotatable bonds is 4. The quantitative estimate of drug-likeness (QED) is 0.910. The normalized spacial score (nSPS) is 19.8. The van der Waals surface area contributed by atoms with Crippen molar-refractivity contribution in [3.05, 3.63) is 30.6 Å². The lowest BCUT2D eigenvalue weighted by molar-refractivity contribution is 0.160. The first kappa shape index (κ1) is 14.2. The maximum absolute atomic E-state index is 9.10. The molecule has 0 bridgehead atoms. The van der Waals surface area contributed by atoms with E-state index in [1.54, 1.807) is 12.5 Å². The van der Waals surface area contributed by atoms with E-state index in [0.717, 1.165) is 49.6 Å². The van der Waals surface area contributed by atoms with Crippen molar-refractivity contribution in [1.82, 2.24) is 24.4 Å². The van der Waals surface area contributed by atoms with Gasteiger partial charge in [-0.3, -0.25) is 4.98 Å². The second-order valence-electron chi connectivity index (χ2n) is 5.58. The molecule has 0 radical (unpaired) electrons. The molecule has 1 atom stereocenters. The lowest BCUT2D eigenvalue weighted by atomic mass is 9.95. The van der Waals surface area contributed by atoms with Crippen LogP contribution < -0.4 is 0 Å². The average Bonchev–Trinajstić information content (AvgIpc) is 2.94. The molecule has 1 aliphatic heterocycles. The zero-order chi connectivity index (χ0) is 14.7. The van der Waals surface area contributed by atoms with Gasteiger partial charge in [0.1, 0.15) is 5.69 Å². The van der Waals surface area contributed by atoms with E-state index in [1.165, 1.54) is 0 Å². The Balaban J connectivity index is 1.81. The fourth-order valence-electron chi connectivity index (χ4n) is 2.95. The molecular formula is C15H21N5O. The molecule has 2 aromatic rings. The molecule has 1 saturated heterocycles. The molecule has 0 amide bonds. The van der Waals surface area contributed by atoms with Crippen LogP contribution in [0, 0.1) is 0 Å². The van der Waals surface area contributed by atoms with Crippen LogP contribution in [0.25, 0.3) is 11.4 Å². The minimum absolute atomic E-state index is 0.216. The van der Waals surface area contributed by atoms with Crippen molar-refractivity contribution >= 4 is 0 Å². The standard InChI is InChI=1S/C15H21N5O/c1-19-11-17-9-15(19)14-8-16-7-13(18-14)12-3-2-4-20(10-12)5-6-21/h7-9,11-12,21H,2-6,10H2,1H3/t12-/m1/s1. The summed E-state index contributed by atoms with van der Waals surface area (Å²) in [4.78, 5) is 15.6. The Morgan fingerprint density at radius 3 is 2.95 bits per heavy atom. The molecule has 0 aliphatic carbocycles. The number of likely N-dealkylation sites (tertiary alicyclic amines) is 1. The van der Waals surface area contributed by atoms with Crippen LogP contribution in [0.2, 0.25) is 0 Å². The monoisotopic (exact) mass is 287 g/mol. The second kappa shape index (κ2) is 6.32. The number of aryl methyl sites for hydroxylation is 1. The van der Waals surface area contributed by atoms with E-state index < -0.39 is 0 Å². The molecule has 3 rings (SSSR count). The van der Waals surface area contributed by atoms with Crippen molar-refractivity contribution in [2.75, 3.05) is 26.2 Å². The van der Waals surface area contributed by atoms with Crippen molar-refractivity contribution in [3.8, 4) is 11.4 Å². The third kappa shape index (κ3) is 3.11. The van der Waals surface area contributed by atoms with Crippen molar-refractivity contribution in [1.29, 1.82) is 0 Å². The molecule has 1 N–H and O–H groups in total. The number of aromatic nitrogens is 4. The van der Waals surface area contributed by atoms with Gasteiger partial charge in [0.25, 0.3) is 0 Å². The van der Waals surface area contributed by atoms with Gasteiger partial charge in [-0.2, -0.15) is 0 Å². The van der Waals surface area contributed by atoms with E-state index in [1.807, 2.05) is 24.0 Å². The van der Waals surface area contributed by atoms with Crippen molar-refractivity contribution in [2.24, 2.45) is 7.05 Å². The van der Waals surface area contributed by atoms with Gasteiger partial charge in [-0.05, 0) is 19.4 Å². The average molecular weight is 287 g/mol. The molecule has 21 heavy (non-hydrogen) atoms. The maximum Gasteiger partial charge on any atom is 0.107 e. The summed E-state index contributed by atoms with van der Waals surface area (Å²) in [6.07, 6.45) is 9.51. The highest BCUT2D eigenvalue weighted by molar-refractivity contribution is 5.52. The lowest BCUT2D eigenvalue weighted by Gasteiger charge is -2.31. The van der Waals surface area contributed by atoms with Gasteiger partial charge >= 0.3 is 0 Å². The van der Waals surface area contributed by atoms with Crippen LogP contribution in [-0.2, 0) is 7.05 Å². The predicted molar refractivity (Wildman–Crippen MR) is 79.7 cm³/mol. The van der Waals surface area contributed by atoms with Gasteiger partial charge in [-0.1, -0.05) is 0 Å². The summed E-state index contributed by atoms with van der Waals surface area (Å²) in [7, 11) is 1.96. The Labute approximate surface area is 124 Å². The molecular weight excluding hydrogens is 266 g/mol. The number of hydrogen-bond acceptors (Lipinski definition) is 5. The molecule has 3 heterocycles. The topological polar surface area (TPSA) is 67.1 Å². The first-order valence-corrected chi connectivity index (χ1v) is 7.40. The number of nitrogens with zero attached hydrogens (tertiary/aromatic N) is 5. The van der Waals surface area contributed by atoms with Gasteiger partial charge in [0, 0.05) is 32.3 Å². The number of hydrogen-bond donors (Lipinski definition) is 1. The third-order valence-corrected chi connectivity index (χ3v) is 4.07. The number of imidazole rings is 1. The van der Waals surface area contributed by atoms with E-state index in [4.69, 9.17) is 10.1 Å². The Hall–Kier alpha value is -1.79. The Kier molecular flexibility index (Phi) is 4.26. The minimum atomic E-state index is 0.216. The van der Waals surface area contributed by atoms with Crippen LogP contribution in [0.1, 0.15) is 24.5 Å². The van der Waals surface area contributed by atoms with Crippen molar-refractivity contribution < 1.29 is 5.11 Å². The van der Waals surface area contributed by atoms with Crippen molar-refractivity contribution in [3.63, 3.8) is 0 Å². The summed E-state index contributed by atoms with van der Waals surface area (Å²) in [5.41, 5.74) is 2.88. The first-order chi connectivity index (χ1) is 10.3. The van der Waals surface area contributed by atoms with E-state index in [9.17, 15) is 0 Å². The van der Waals surface area contributed by atoms with Gasteiger partial charge in [-0.25, -0.2) is 9.97 Å². The molecule has 0 saturated carbocycles. The van der Waals surface area contributed by atoms with Crippen LogP contribution in [0.5, 0.6) is 0 Å². The molecule has 112 valence electrons. The summed E-state index contributed by atoms with van der Waals surface area (Å²) in [5.74, 6) is 0.394. The fraction of sp³-hybridized carbons (Fsp3) is 0.533. The number of piperidine rings is 1. The van der Waals surface area contributed by atoms with Gasteiger partial charge in [-0.15, -0.1) is 0 Å². The van der Waals surface area contributed by atoms with Gasteiger partial charge < -0.3 is 14.6 Å². The molecule has 0 aromatic carbocycles. The van der Waals surface area contributed by atoms with Crippen LogP contribution in [0.3, 0.4) is 0 Å². The summed E-state index contributed by atoms with van der Waals surface area (Å²) < 4.78 is 1.95. The number of aliphatic hydroxyl groups is 1. The van der Waals surface area contributed by atoms with E-state index >= 15 is 0 Å². The predicted octanol–water partition coefficient (Wildman–Crippen LogP) is 1.05. The van der Waals surface area contributed by atoms with Crippen LogP contribution in [0.15, 0.2) is 24.9 Å². The van der Waals surface area contributed by atoms with Gasteiger partial charge in [0.15, 0.2) is 0 Å². The molecule has 0 unspecified atom stereocenters. The van der Waals surface area contributed by atoms with Crippen LogP contribution in [-0.4, -0.2) is 55.8 Å². The Morgan fingerprint density at radius 1 is 1.29 bits per heavy atom. The largest absolute Gasteiger partial charge is 0.395 e. The molecule has 2 aromatic heterocycles. The second-order valence-corrected chi connectivity index (χ2v) is 5.58. The summed E-state index contributed by atoms with van der Waals surface area (Å²) in [6.45, 7) is 2.97. The summed E-state index contributed by atoms with van der Waals surface area (Å²) >= 11 is 0. The number of β-amino-alcohol motifs (C(OH)–C–C–N with tert-alkyl or cyclic N) is 1. The molecule has 6 heteroatoms. The van der Waals surface area contributed by atoms with Gasteiger partial charge in [0.05, 0.1) is 36.7 Å². The summed E-state index contributed by atoms with van der Waals surface area (Å²) in [5, 5.41) is 9.10. The fourth-order valence-corrected chi connectivity index (χ4v) is 2.95. The van der Waals surface area contributed by atoms with E-state index in [2.05, 4.69) is 14.9 Å². The smallest absolute Gasteiger partial charge is 0.107 e. The minimum Gasteiger partial charge on any atom is -0.395 e. The lowest BCUT2D eigenvalue weighted by Crippen LogP contribution is -2.36. The van der Waals surface area contributed by atoms with Crippen LogP contribution >= 0.6 is 0 Å². The third-order valence-electron chi connectivity index (χ3n) is 4.07. The van der Waals surface area contributed by atoms with E-state index in [-0.39, 0.29) is 6.61 Å². The molecule has 6 nitrogen and oxygen atoms in total. The Bertz CT molecular complexity index is 595. The van der Waals surface area contributed by atoms with Crippen LogP contribution in [0.4, 0.5) is 0 Å². The van der Waals surface area contributed by atoms with E-state index in [0.29, 0.717) is 5.92 Å². The Morgan fingerprint density at radius 2 is 2.19 bits per heavy atom. The first-order valence-electron chi connectivity index (χ1n) is 7.40. The molecule has 1 aliphatic rings. The van der Waals surface area contributed by atoms with Gasteiger partial charge in [0.2, 0.25) is 0 Å². The zero-order valence-corrected chi connectivity index (χ0v) is 12.3. The zero-order valence-electron chi connectivity index (χ0n) is 12.3.